The maximum Gasteiger partial charge on any atom is 0.276 e. The van der Waals surface area contributed by atoms with Crippen molar-refractivity contribution in [2.24, 2.45) is 7.05 Å². The first-order chi connectivity index (χ1) is 16.4. The highest BCUT2D eigenvalue weighted by Gasteiger charge is 2.12. The highest BCUT2D eigenvalue weighted by atomic mass is 16.5. The molecule has 0 unspecified atom stereocenters. The highest BCUT2D eigenvalue weighted by Crippen LogP contribution is 2.19. The van der Waals surface area contributed by atoms with E-state index >= 15 is 0 Å². The SMILES string of the molecule is CC(C)c1ccc(OCn2ccc(C(=O)Nc3cccc(NC(=O)c4ccn(C)n4)c3)n2)cc1. The Morgan fingerprint density at radius 3 is 2.09 bits per heavy atom. The van der Waals surface area contributed by atoms with Gasteiger partial charge in [-0.2, -0.15) is 10.2 Å². The lowest BCUT2D eigenvalue weighted by molar-refractivity contribution is 0.101. The van der Waals surface area contributed by atoms with Crippen molar-refractivity contribution in [1.82, 2.24) is 19.6 Å². The van der Waals surface area contributed by atoms with Gasteiger partial charge in [-0.25, -0.2) is 4.68 Å². The maximum atomic E-state index is 12.6. The summed E-state index contributed by atoms with van der Waals surface area (Å²) >= 11 is 0. The van der Waals surface area contributed by atoms with Crippen molar-refractivity contribution in [2.75, 3.05) is 10.6 Å². The lowest BCUT2D eigenvalue weighted by Gasteiger charge is -2.09. The molecule has 0 atom stereocenters. The van der Waals surface area contributed by atoms with Crippen LogP contribution in [-0.2, 0) is 13.8 Å². The smallest absolute Gasteiger partial charge is 0.276 e. The molecule has 0 spiro atoms. The first-order valence-corrected chi connectivity index (χ1v) is 10.9. The van der Waals surface area contributed by atoms with Crippen molar-refractivity contribution in [2.45, 2.75) is 26.5 Å². The fraction of sp³-hybridized carbons (Fsp3) is 0.200. The number of anilines is 2. The van der Waals surface area contributed by atoms with E-state index in [2.05, 4.69) is 34.7 Å². The molecule has 9 heteroatoms. The minimum absolute atomic E-state index is 0.184. The van der Waals surface area contributed by atoms with Gasteiger partial charge < -0.3 is 15.4 Å². The molecule has 2 heterocycles. The molecule has 0 saturated carbocycles. The lowest BCUT2D eigenvalue weighted by Crippen LogP contribution is -2.15. The van der Waals surface area contributed by atoms with E-state index in [4.69, 9.17) is 4.74 Å². The molecule has 34 heavy (non-hydrogen) atoms. The fourth-order valence-electron chi connectivity index (χ4n) is 3.25. The number of ether oxygens (including phenoxy) is 1. The summed E-state index contributed by atoms with van der Waals surface area (Å²) in [6.07, 6.45) is 3.37. The van der Waals surface area contributed by atoms with E-state index in [1.165, 1.54) is 5.56 Å². The Hall–Kier alpha value is -4.40. The molecule has 0 fully saturated rings. The number of rotatable bonds is 8. The Bertz CT molecular complexity index is 1290. The molecule has 2 amide bonds. The number of benzene rings is 2. The number of hydrogen-bond donors (Lipinski definition) is 2. The molecular weight excluding hydrogens is 432 g/mol. The van der Waals surface area contributed by atoms with Crippen LogP contribution in [0.4, 0.5) is 11.4 Å². The first-order valence-electron chi connectivity index (χ1n) is 10.9. The molecule has 0 aliphatic carbocycles. The van der Waals surface area contributed by atoms with Crippen molar-refractivity contribution in [3.05, 3.63) is 90.0 Å². The number of aromatic nitrogens is 4. The molecule has 2 N–H and O–H groups in total. The molecule has 0 aliphatic rings. The molecule has 4 aromatic rings. The zero-order valence-corrected chi connectivity index (χ0v) is 19.2. The van der Waals surface area contributed by atoms with Gasteiger partial charge in [-0.05, 0) is 53.9 Å². The predicted molar refractivity (Wildman–Crippen MR) is 129 cm³/mol. The molecule has 0 bridgehead atoms. The van der Waals surface area contributed by atoms with Crippen molar-refractivity contribution in [1.29, 1.82) is 0 Å². The molecule has 0 saturated heterocycles. The van der Waals surface area contributed by atoms with Crippen molar-refractivity contribution in [3.63, 3.8) is 0 Å². The third-order valence-corrected chi connectivity index (χ3v) is 5.11. The summed E-state index contributed by atoms with van der Waals surface area (Å²) in [4.78, 5) is 24.9. The summed E-state index contributed by atoms with van der Waals surface area (Å²) in [5, 5.41) is 13.9. The van der Waals surface area contributed by atoms with Gasteiger partial charge in [0.25, 0.3) is 11.8 Å². The molecule has 174 valence electrons. The lowest BCUT2D eigenvalue weighted by atomic mass is 10.0. The Kier molecular flexibility index (Phi) is 6.72. The molecule has 2 aromatic carbocycles. The first kappa shape index (κ1) is 22.8. The Labute approximate surface area is 197 Å². The van der Waals surface area contributed by atoms with Gasteiger partial charge in [-0.3, -0.25) is 14.3 Å². The van der Waals surface area contributed by atoms with Crippen LogP contribution in [0.3, 0.4) is 0 Å². The van der Waals surface area contributed by atoms with E-state index in [9.17, 15) is 9.59 Å². The zero-order chi connectivity index (χ0) is 24.1. The number of nitrogens with zero attached hydrogens (tertiary/aromatic N) is 4. The topological polar surface area (TPSA) is 103 Å². The third-order valence-electron chi connectivity index (χ3n) is 5.11. The number of amides is 2. The Balaban J connectivity index is 1.33. The summed E-state index contributed by atoms with van der Waals surface area (Å²) in [6, 6.07) is 18.0. The van der Waals surface area contributed by atoms with Crippen molar-refractivity contribution in [3.8, 4) is 5.75 Å². The van der Waals surface area contributed by atoms with Crippen LogP contribution in [0.15, 0.2) is 73.1 Å². The van der Waals surface area contributed by atoms with E-state index in [1.54, 1.807) is 65.2 Å². The minimum atomic E-state index is -0.367. The van der Waals surface area contributed by atoms with E-state index in [0.29, 0.717) is 23.0 Å². The average Bonchev–Trinajstić information content (AvgIpc) is 3.47. The zero-order valence-electron chi connectivity index (χ0n) is 19.2. The van der Waals surface area contributed by atoms with E-state index in [0.717, 1.165) is 5.75 Å². The summed E-state index contributed by atoms with van der Waals surface area (Å²) < 4.78 is 8.85. The van der Waals surface area contributed by atoms with Gasteiger partial charge in [0, 0.05) is 30.8 Å². The molecule has 0 radical (unpaired) electrons. The van der Waals surface area contributed by atoms with Crippen molar-refractivity contribution >= 4 is 23.2 Å². The fourth-order valence-corrected chi connectivity index (χ4v) is 3.25. The van der Waals surface area contributed by atoms with Crippen LogP contribution >= 0.6 is 0 Å². The maximum absolute atomic E-state index is 12.6. The number of hydrogen-bond acceptors (Lipinski definition) is 5. The number of carbonyl (C=O) groups is 2. The van der Waals surface area contributed by atoms with Gasteiger partial charge in [0.2, 0.25) is 0 Å². The second-order valence-corrected chi connectivity index (χ2v) is 8.10. The normalized spacial score (nSPS) is 10.8. The largest absolute Gasteiger partial charge is 0.471 e. The van der Waals surface area contributed by atoms with E-state index in [1.807, 2.05) is 24.3 Å². The van der Waals surface area contributed by atoms with Crippen LogP contribution in [0.1, 0.15) is 46.3 Å². The van der Waals surface area contributed by atoms with Crippen LogP contribution in [0.2, 0.25) is 0 Å². The molecular formula is C25H26N6O3. The van der Waals surface area contributed by atoms with Crippen molar-refractivity contribution < 1.29 is 14.3 Å². The number of carbonyl (C=O) groups excluding carboxylic acids is 2. The number of nitrogens with one attached hydrogen (secondary N) is 2. The third kappa shape index (κ3) is 5.69. The predicted octanol–water partition coefficient (Wildman–Crippen LogP) is 4.28. The second kappa shape index (κ2) is 10.0. The van der Waals surface area contributed by atoms with Gasteiger partial charge in [-0.1, -0.05) is 32.0 Å². The van der Waals surface area contributed by atoms with E-state index < -0.39 is 0 Å². The second-order valence-electron chi connectivity index (χ2n) is 8.10. The molecule has 0 aliphatic heterocycles. The van der Waals surface area contributed by atoms with Crippen LogP contribution in [0.25, 0.3) is 0 Å². The quantitative estimate of drug-likeness (QED) is 0.410. The number of aryl methyl sites for hydroxylation is 1. The van der Waals surface area contributed by atoms with Crippen LogP contribution < -0.4 is 15.4 Å². The standard InChI is InChI=1S/C25H26N6O3/c1-17(2)18-7-9-21(10-8-18)34-16-31-14-12-23(29-31)25(33)27-20-6-4-5-19(15-20)26-24(32)22-11-13-30(3)28-22/h4-15,17H,16H2,1-3H3,(H,26,32)(H,27,33). The van der Waals surface area contributed by atoms with Gasteiger partial charge in [-0.15, -0.1) is 0 Å². The van der Waals surface area contributed by atoms with Gasteiger partial charge >= 0.3 is 0 Å². The van der Waals surface area contributed by atoms with Gasteiger partial charge in [0.1, 0.15) is 5.75 Å². The van der Waals surface area contributed by atoms with Crippen LogP contribution in [-0.4, -0.2) is 31.4 Å². The molecule has 2 aromatic heterocycles. The Morgan fingerprint density at radius 2 is 1.50 bits per heavy atom. The summed E-state index contributed by atoms with van der Waals surface area (Å²) in [7, 11) is 1.74. The van der Waals surface area contributed by atoms with E-state index in [-0.39, 0.29) is 24.2 Å². The Morgan fingerprint density at radius 1 is 0.882 bits per heavy atom. The van der Waals surface area contributed by atoms with Crippen LogP contribution in [0.5, 0.6) is 5.75 Å². The summed E-state index contributed by atoms with van der Waals surface area (Å²) in [5.41, 5.74) is 2.86. The molecule has 4 rings (SSSR count). The average molecular weight is 459 g/mol. The molecule has 9 nitrogen and oxygen atoms in total. The minimum Gasteiger partial charge on any atom is -0.471 e. The van der Waals surface area contributed by atoms with Gasteiger partial charge in [0.05, 0.1) is 0 Å². The van der Waals surface area contributed by atoms with Gasteiger partial charge in [0.15, 0.2) is 18.1 Å². The summed E-state index contributed by atoms with van der Waals surface area (Å²) in [6.45, 7) is 4.46. The van der Waals surface area contributed by atoms with Crippen LogP contribution in [0, 0.1) is 0 Å². The highest BCUT2D eigenvalue weighted by molar-refractivity contribution is 6.05. The monoisotopic (exact) mass is 458 g/mol. The summed E-state index contributed by atoms with van der Waals surface area (Å²) in [5.74, 6) is 0.490.